The summed E-state index contributed by atoms with van der Waals surface area (Å²) < 4.78 is 0. The van der Waals surface area contributed by atoms with Gasteiger partial charge in [0.05, 0.1) is 5.56 Å². The van der Waals surface area contributed by atoms with E-state index < -0.39 is 5.97 Å². The average Bonchev–Trinajstić information content (AvgIpc) is 2.15. The predicted molar refractivity (Wildman–Crippen MR) is 56.2 cm³/mol. The van der Waals surface area contributed by atoms with Crippen molar-refractivity contribution in [2.24, 2.45) is 5.73 Å². The SMILES string of the molecule is Cc1ccc(C=CCN)c(C(=O)O)c1. The van der Waals surface area contributed by atoms with Gasteiger partial charge in [0.25, 0.3) is 0 Å². The fourth-order valence-corrected chi connectivity index (χ4v) is 1.20. The van der Waals surface area contributed by atoms with E-state index in [9.17, 15) is 4.79 Å². The number of carboxylic acids is 1. The summed E-state index contributed by atoms with van der Waals surface area (Å²) in [6.45, 7) is 2.27. The van der Waals surface area contributed by atoms with Crippen molar-refractivity contribution < 1.29 is 9.90 Å². The number of rotatable bonds is 3. The Hall–Kier alpha value is -1.61. The molecule has 0 heterocycles. The second kappa shape index (κ2) is 4.58. The van der Waals surface area contributed by atoms with E-state index >= 15 is 0 Å². The third-order valence-electron chi connectivity index (χ3n) is 1.87. The Labute approximate surface area is 82.9 Å². The molecule has 0 spiro atoms. The normalized spacial score (nSPS) is 10.7. The number of aromatic carboxylic acids is 1. The van der Waals surface area contributed by atoms with Crippen LogP contribution >= 0.6 is 0 Å². The Morgan fingerprint density at radius 1 is 1.57 bits per heavy atom. The maximum absolute atomic E-state index is 10.9. The van der Waals surface area contributed by atoms with E-state index in [1.165, 1.54) is 0 Å². The third-order valence-corrected chi connectivity index (χ3v) is 1.87. The molecule has 1 aromatic rings. The Kier molecular flexibility index (Phi) is 3.42. The zero-order valence-corrected chi connectivity index (χ0v) is 8.03. The van der Waals surface area contributed by atoms with Gasteiger partial charge >= 0.3 is 5.97 Å². The van der Waals surface area contributed by atoms with E-state index in [0.29, 0.717) is 17.7 Å². The Bertz CT molecular complexity index is 370. The summed E-state index contributed by atoms with van der Waals surface area (Å²) in [5.41, 5.74) is 7.24. The number of hydrogen-bond donors (Lipinski definition) is 2. The van der Waals surface area contributed by atoms with E-state index in [0.717, 1.165) is 5.56 Å². The monoisotopic (exact) mass is 191 g/mol. The van der Waals surface area contributed by atoms with E-state index in [-0.39, 0.29) is 0 Å². The van der Waals surface area contributed by atoms with Crippen LogP contribution in [0.4, 0.5) is 0 Å². The van der Waals surface area contributed by atoms with E-state index in [1.54, 1.807) is 24.3 Å². The molecule has 0 bridgehead atoms. The number of aryl methyl sites for hydroxylation is 1. The van der Waals surface area contributed by atoms with Crippen molar-refractivity contribution in [1.82, 2.24) is 0 Å². The van der Waals surface area contributed by atoms with Crippen molar-refractivity contribution in [2.45, 2.75) is 6.92 Å². The summed E-state index contributed by atoms with van der Waals surface area (Å²) in [5, 5.41) is 8.92. The van der Waals surface area contributed by atoms with Crippen LogP contribution in [0.25, 0.3) is 6.08 Å². The van der Waals surface area contributed by atoms with Crippen molar-refractivity contribution in [2.75, 3.05) is 6.54 Å². The van der Waals surface area contributed by atoms with Crippen molar-refractivity contribution >= 4 is 12.0 Å². The van der Waals surface area contributed by atoms with Crippen LogP contribution in [0, 0.1) is 6.92 Å². The summed E-state index contributed by atoms with van der Waals surface area (Å²) in [4.78, 5) is 10.9. The van der Waals surface area contributed by atoms with E-state index in [2.05, 4.69) is 0 Å². The van der Waals surface area contributed by atoms with Gasteiger partial charge < -0.3 is 10.8 Å². The van der Waals surface area contributed by atoms with Crippen molar-refractivity contribution in [3.8, 4) is 0 Å². The molecular formula is C11H13NO2. The van der Waals surface area contributed by atoms with Gasteiger partial charge in [0.1, 0.15) is 0 Å². The van der Waals surface area contributed by atoms with E-state index in [1.807, 2.05) is 13.0 Å². The van der Waals surface area contributed by atoms with Gasteiger partial charge in [0, 0.05) is 6.54 Å². The molecule has 0 saturated carbocycles. The first-order chi connectivity index (χ1) is 6.65. The van der Waals surface area contributed by atoms with Gasteiger partial charge in [-0.25, -0.2) is 4.79 Å². The summed E-state index contributed by atoms with van der Waals surface area (Å²) in [6.07, 6.45) is 3.46. The zero-order valence-electron chi connectivity index (χ0n) is 8.03. The van der Waals surface area contributed by atoms with Gasteiger partial charge in [0.2, 0.25) is 0 Å². The van der Waals surface area contributed by atoms with Gasteiger partial charge in [-0.2, -0.15) is 0 Å². The van der Waals surface area contributed by atoms with Crippen LogP contribution in [0.5, 0.6) is 0 Å². The highest BCUT2D eigenvalue weighted by molar-refractivity contribution is 5.92. The van der Waals surface area contributed by atoms with Crippen LogP contribution in [0.3, 0.4) is 0 Å². The van der Waals surface area contributed by atoms with Crippen LogP contribution in [-0.4, -0.2) is 17.6 Å². The molecule has 0 unspecified atom stereocenters. The predicted octanol–water partition coefficient (Wildman–Crippen LogP) is 1.67. The fraction of sp³-hybridized carbons (Fsp3) is 0.182. The lowest BCUT2D eigenvalue weighted by atomic mass is 10.0. The summed E-state index contributed by atoms with van der Waals surface area (Å²) in [5.74, 6) is -0.912. The van der Waals surface area contributed by atoms with Crippen molar-refractivity contribution in [3.05, 3.63) is 41.0 Å². The molecule has 1 rings (SSSR count). The molecule has 0 aliphatic carbocycles. The van der Waals surface area contributed by atoms with Crippen LogP contribution in [-0.2, 0) is 0 Å². The lowest BCUT2D eigenvalue weighted by Crippen LogP contribution is -2.00. The molecule has 74 valence electrons. The molecule has 0 aliphatic heterocycles. The Morgan fingerprint density at radius 2 is 2.29 bits per heavy atom. The minimum absolute atomic E-state index is 0.315. The molecule has 0 atom stereocenters. The van der Waals surface area contributed by atoms with Crippen LogP contribution < -0.4 is 5.73 Å². The highest BCUT2D eigenvalue weighted by Gasteiger charge is 2.07. The highest BCUT2D eigenvalue weighted by atomic mass is 16.4. The molecule has 14 heavy (non-hydrogen) atoms. The summed E-state index contributed by atoms with van der Waals surface area (Å²) >= 11 is 0. The molecular weight excluding hydrogens is 178 g/mol. The molecule has 0 aromatic heterocycles. The van der Waals surface area contributed by atoms with Crippen LogP contribution in [0.15, 0.2) is 24.3 Å². The maximum Gasteiger partial charge on any atom is 0.336 e. The summed E-state index contributed by atoms with van der Waals surface area (Å²) in [6, 6.07) is 5.31. The summed E-state index contributed by atoms with van der Waals surface area (Å²) in [7, 11) is 0. The highest BCUT2D eigenvalue weighted by Crippen LogP contribution is 2.13. The number of hydrogen-bond acceptors (Lipinski definition) is 2. The molecule has 0 amide bonds. The minimum Gasteiger partial charge on any atom is -0.478 e. The Balaban J connectivity index is 3.15. The molecule has 0 radical (unpaired) electrons. The van der Waals surface area contributed by atoms with Crippen molar-refractivity contribution in [3.63, 3.8) is 0 Å². The number of carboxylic acid groups (broad SMARTS) is 1. The quantitative estimate of drug-likeness (QED) is 0.763. The largest absolute Gasteiger partial charge is 0.478 e. The fourth-order valence-electron chi connectivity index (χ4n) is 1.20. The van der Waals surface area contributed by atoms with Crippen LogP contribution in [0.2, 0.25) is 0 Å². The molecule has 0 aliphatic rings. The first-order valence-corrected chi connectivity index (χ1v) is 4.35. The third kappa shape index (κ3) is 2.44. The number of nitrogens with two attached hydrogens (primary N) is 1. The Morgan fingerprint density at radius 3 is 2.86 bits per heavy atom. The average molecular weight is 191 g/mol. The molecule has 3 heteroatoms. The van der Waals surface area contributed by atoms with Crippen molar-refractivity contribution in [1.29, 1.82) is 0 Å². The topological polar surface area (TPSA) is 63.3 Å². The first kappa shape index (κ1) is 10.5. The van der Waals surface area contributed by atoms with Gasteiger partial charge in [-0.15, -0.1) is 0 Å². The van der Waals surface area contributed by atoms with Gasteiger partial charge in [-0.1, -0.05) is 29.8 Å². The molecule has 0 saturated heterocycles. The first-order valence-electron chi connectivity index (χ1n) is 4.35. The van der Waals surface area contributed by atoms with Gasteiger partial charge in [-0.3, -0.25) is 0 Å². The van der Waals surface area contributed by atoms with E-state index in [4.69, 9.17) is 10.8 Å². The van der Waals surface area contributed by atoms with Gasteiger partial charge in [-0.05, 0) is 18.6 Å². The minimum atomic E-state index is -0.912. The molecule has 3 nitrogen and oxygen atoms in total. The van der Waals surface area contributed by atoms with Gasteiger partial charge in [0.15, 0.2) is 0 Å². The number of benzene rings is 1. The second-order valence-corrected chi connectivity index (χ2v) is 3.03. The second-order valence-electron chi connectivity index (χ2n) is 3.03. The lowest BCUT2D eigenvalue weighted by Gasteiger charge is -2.02. The zero-order chi connectivity index (χ0) is 10.6. The molecule has 1 aromatic carbocycles. The molecule has 0 fully saturated rings. The standard InChI is InChI=1S/C11H13NO2/c1-8-4-5-9(3-2-6-12)10(7-8)11(13)14/h2-5,7H,6,12H2,1H3,(H,13,14). The lowest BCUT2D eigenvalue weighted by molar-refractivity contribution is 0.0696. The smallest absolute Gasteiger partial charge is 0.336 e. The maximum atomic E-state index is 10.9. The van der Waals surface area contributed by atoms with Crippen LogP contribution in [0.1, 0.15) is 21.5 Å². The molecule has 3 N–H and O–H groups in total. The number of carbonyl (C=O) groups is 1.